The van der Waals surface area contributed by atoms with Crippen LogP contribution in [0.4, 0.5) is 0 Å². The molecule has 28 heavy (non-hydrogen) atoms. The lowest BCUT2D eigenvalue weighted by Gasteiger charge is -2.47. The molecule has 0 atom stereocenters. The van der Waals surface area contributed by atoms with E-state index in [1.807, 2.05) is 12.1 Å². The topological polar surface area (TPSA) is 55.8 Å². The van der Waals surface area contributed by atoms with Crippen LogP contribution < -0.4 is 10.4 Å². The average Bonchev–Trinajstić information content (AvgIpc) is 3.20. The second kappa shape index (κ2) is 6.54. The number of aliphatic carboxylic acids is 1. The monoisotopic (exact) mass is 396 g/mol. The molecule has 2 heterocycles. The summed E-state index contributed by atoms with van der Waals surface area (Å²) in [5.41, 5.74) is -1.15. The lowest BCUT2D eigenvalue weighted by molar-refractivity contribution is -0.155. The zero-order valence-corrected chi connectivity index (χ0v) is 17.8. The van der Waals surface area contributed by atoms with Crippen LogP contribution >= 0.6 is 0 Å². The van der Waals surface area contributed by atoms with Crippen molar-refractivity contribution in [3.63, 3.8) is 0 Å². The molecular formula is C23H28O4Si. The number of rotatable bonds is 6. The second-order valence-electron chi connectivity index (χ2n) is 9.36. The van der Waals surface area contributed by atoms with Crippen molar-refractivity contribution in [2.75, 3.05) is 13.2 Å². The molecule has 2 aliphatic heterocycles. The molecule has 3 fully saturated rings. The largest absolute Gasteiger partial charge is 0.481 e. The Bertz CT molecular complexity index is 812. The highest BCUT2D eigenvalue weighted by Gasteiger charge is 2.67. The molecule has 148 valence electrons. The average molecular weight is 397 g/mol. The van der Waals surface area contributed by atoms with Gasteiger partial charge in [-0.1, -0.05) is 81.4 Å². The molecular weight excluding hydrogens is 368 g/mol. The molecule has 4 nitrogen and oxygen atoms in total. The van der Waals surface area contributed by atoms with Crippen molar-refractivity contribution in [2.24, 2.45) is 5.41 Å². The van der Waals surface area contributed by atoms with Gasteiger partial charge in [0, 0.05) is 0 Å². The van der Waals surface area contributed by atoms with Gasteiger partial charge in [-0.25, -0.2) is 0 Å². The maximum atomic E-state index is 11.6. The van der Waals surface area contributed by atoms with Gasteiger partial charge in [-0.2, -0.15) is 0 Å². The number of ether oxygens (including phenoxy) is 1. The van der Waals surface area contributed by atoms with Crippen LogP contribution in [0, 0.1) is 5.41 Å². The lowest BCUT2D eigenvalue weighted by Crippen LogP contribution is -2.68. The van der Waals surface area contributed by atoms with Gasteiger partial charge in [0.05, 0.1) is 24.2 Å². The van der Waals surface area contributed by atoms with Crippen LogP contribution in [0.15, 0.2) is 60.7 Å². The summed E-state index contributed by atoms with van der Waals surface area (Å²) in [6.07, 6.45) is 1.10. The van der Waals surface area contributed by atoms with E-state index in [9.17, 15) is 9.90 Å². The van der Waals surface area contributed by atoms with Gasteiger partial charge >= 0.3 is 5.97 Å². The highest BCUT2D eigenvalue weighted by molar-refractivity contribution is 6.99. The van der Waals surface area contributed by atoms with Crippen molar-refractivity contribution in [1.29, 1.82) is 0 Å². The summed E-state index contributed by atoms with van der Waals surface area (Å²) < 4.78 is 12.9. The number of carboxylic acids is 1. The quantitative estimate of drug-likeness (QED) is 0.762. The fraction of sp³-hybridized carbons (Fsp3) is 0.435. The second-order valence-corrected chi connectivity index (χ2v) is 13.7. The van der Waals surface area contributed by atoms with E-state index in [2.05, 4.69) is 69.3 Å². The molecule has 2 bridgehead atoms. The predicted octanol–water partition coefficient (Wildman–Crippen LogP) is 3.20. The van der Waals surface area contributed by atoms with Crippen LogP contribution in [0.2, 0.25) is 5.04 Å². The molecule has 2 aromatic rings. The molecule has 3 aliphatic rings. The van der Waals surface area contributed by atoms with E-state index in [0.29, 0.717) is 26.1 Å². The number of carboxylic acid groups (broad SMARTS) is 1. The molecule has 0 radical (unpaired) electrons. The summed E-state index contributed by atoms with van der Waals surface area (Å²) in [6, 6.07) is 21.0. The predicted molar refractivity (Wildman–Crippen MR) is 112 cm³/mol. The first-order valence-corrected chi connectivity index (χ1v) is 11.8. The summed E-state index contributed by atoms with van der Waals surface area (Å²) in [6.45, 7) is 7.47. The maximum absolute atomic E-state index is 11.6. The van der Waals surface area contributed by atoms with Crippen LogP contribution in [-0.4, -0.2) is 38.2 Å². The lowest BCUT2D eigenvalue weighted by atomic mass is 9.63. The van der Waals surface area contributed by atoms with Gasteiger partial charge < -0.3 is 14.3 Å². The van der Waals surface area contributed by atoms with Gasteiger partial charge in [-0.15, -0.1) is 0 Å². The van der Waals surface area contributed by atoms with Crippen molar-refractivity contribution in [3.05, 3.63) is 60.7 Å². The van der Waals surface area contributed by atoms with Crippen LogP contribution in [0.5, 0.6) is 0 Å². The summed E-state index contributed by atoms with van der Waals surface area (Å²) in [5.74, 6) is -0.744. The molecule has 2 saturated heterocycles. The maximum Gasteiger partial charge on any atom is 0.312 e. The van der Waals surface area contributed by atoms with Crippen LogP contribution in [0.25, 0.3) is 0 Å². The van der Waals surface area contributed by atoms with Crippen LogP contribution in [0.1, 0.15) is 33.6 Å². The third-order valence-electron chi connectivity index (χ3n) is 6.40. The van der Waals surface area contributed by atoms with Crippen molar-refractivity contribution in [1.82, 2.24) is 0 Å². The summed E-state index contributed by atoms with van der Waals surface area (Å²) in [7, 11) is -2.62. The number of benzene rings is 2. The van der Waals surface area contributed by atoms with E-state index in [-0.39, 0.29) is 5.04 Å². The summed E-state index contributed by atoms with van der Waals surface area (Å²) in [5, 5.41) is 11.9. The van der Waals surface area contributed by atoms with Gasteiger partial charge in [-0.3, -0.25) is 4.79 Å². The highest BCUT2D eigenvalue weighted by Crippen LogP contribution is 2.58. The first-order valence-electron chi connectivity index (χ1n) is 9.86. The van der Waals surface area contributed by atoms with E-state index in [1.165, 1.54) is 10.4 Å². The van der Waals surface area contributed by atoms with Gasteiger partial charge in [0.15, 0.2) is 0 Å². The van der Waals surface area contributed by atoms with Gasteiger partial charge in [0.1, 0.15) is 0 Å². The molecule has 1 saturated carbocycles. The minimum Gasteiger partial charge on any atom is -0.481 e. The number of hydrogen-bond donors (Lipinski definition) is 1. The SMILES string of the molecule is CC(C)(C)[Si](OCC12CC(C(=O)O)(CO1)C2)(c1ccccc1)c1ccccc1. The Labute approximate surface area is 167 Å². The number of hydrogen-bond acceptors (Lipinski definition) is 3. The molecule has 0 spiro atoms. The Morgan fingerprint density at radius 1 is 1.04 bits per heavy atom. The zero-order valence-electron chi connectivity index (χ0n) is 16.8. The standard InChI is InChI=1S/C23H28O4Si/c1-21(2,3)28(18-10-6-4-7-11-18,19-12-8-5-9-13-19)27-17-23-14-22(15-23,16-26-23)20(24)25/h4-13H,14-17H2,1-3H3,(H,24,25). The Morgan fingerprint density at radius 3 is 1.93 bits per heavy atom. The van der Waals surface area contributed by atoms with Gasteiger partial charge in [0.2, 0.25) is 0 Å². The number of fused-ring (bicyclic) bond motifs is 1. The molecule has 0 amide bonds. The minimum atomic E-state index is -2.62. The van der Waals surface area contributed by atoms with Gasteiger partial charge in [-0.05, 0) is 28.3 Å². The zero-order chi connectivity index (χ0) is 20.0. The van der Waals surface area contributed by atoms with Crippen molar-refractivity contribution in [3.8, 4) is 0 Å². The van der Waals surface area contributed by atoms with Crippen molar-refractivity contribution < 1.29 is 19.1 Å². The number of carbonyl (C=O) groups is 1. The first-order chi connectivity index (χ1) is 13.2. The Morgan fingerprint density at radius 2 is 1.54 bits per heavy atom. The summed E-state index contributed by atoms with van der Waals surface area (Å²) >= 11 is 0. The molecule has 0 aromatic heterocycles. The highest BCUT2D eigenvalue weighted by atomic mass is 28.4. The van der Waals surface area contributed by atoms with Crippen molar-refractivity contribution >= 4 is 24.7 Å². The van der Waals surface area contributed by atoms with Crippen LogP contribution in [0.3, 0.4) is 0 Å². The Balaban J connectivity index is 1.71. The van der Waals surface area contributed by atoms with E-state index >= 15 is 0 Å². The molecule has 1 N–H and O–H groups in total. The fourth-order valence-corrected chi connectivity index (χ4v) is 9.67. The smallest absolute Gasteiger partial charge is 0.312 e. The fourth-order valence-electron chi connectivity index (χ4n) is 5.04. The first kappa shape index (κ1) is 19.4. The molecule has 5 heteroatoms. The van der Waals surface area contributed by atoms with Crippen molar-refractivity contribution in [2.45, 2.75) is 44.3 Å². The van der Waals surface area contributed by atoms with E-state index in [0.717, 1.165) is 0 Å². The minimum absolute atomic E-state index is 0.0986. The Kier molecular flexibility index (Phi) is 4.53. The van der Waals surface area contributed by atoms with Crippen LogP contribution in [-0.2, 0) is 14.0 Å². The molecule has 5 rings (SSSR count). The summed E-state index contributed by atoms with van der Waals surface area (Å²) in [4.78, 5) is 11.6. The van der Waals surface area contributed by atoms with E-state index < -0.39 is 25.3 Å². The third-order valence-corrected chi connectivity index (χ3v) is 11.4. The van der Waals surface area contributed by atoms with E-state index in [4.69, 9.17) is 9.16 Å². The molecule has 0 unspecified atom stereocenters. The molecule has 1 aliphatic carbocycles. The normalized spacial score (nSPS) is 26.7. The third kappa shape index (κ3) is 2.84. The molecule has 2 aromatic carbocycles. The Hall–Kier alpha value is -1.95. The van der Waals surface area contributed by atoms with Gasteiger partial charge in [0.25, 0.3) is 8.32 Å². The van der Waals surface area contributed by atoms with E-state index in [1.54, 1.807) is 0 Å².